The van der Waals surface area contributed by atoms with Gasteiger partial charge in [-0.3, -0.25) is 9.59 Å². The molecule has 0 aliphatic carbocycles. The molecule has 7 nitrogen and oxygen atoms in total. The minimum atomic E-state index is -0.394. The number of anilines is 1. The third-order valence-electron chi connectivity index (χ3n) is 4.44. The van der Waals surface area contributed by atoms with Gasteiger partial charge in [-0.15, -0.1) is 0 Å². The molecule has 0 bridgehead atoms. The van der Waals surface area contributed by atoms with Crippen LogP contribution in [0.15, 0.2) is 24.5 Å². The van der Waals surface area contributed by atoms with Crippen molar-refractivity contribution in [2.45, 2.75) is 32.7 Å². The Bertz CT molecular complexity index is 818. The summed E-state index contributed by atoms with van der Waals surface area (Å²) in [6, 6.07) is 5.01. The number of rotatable bonds is 3. The van der Waals surface area contributed by atoms with Gasteiger partial charge in [0.05, 0.1) is 5.52 Å². The van der Waals surface area contributed by atoms with Crippen molar-refractivity contribution < 1.29 is 9.59 Å². The van der Waals surface area contributed by atoms with E-state index < -0.39 is 5.91 Å². The predicted molar refractivity (Wildman–Crippen MR) is 91.0 cm³/mol. The molecule has 1 atom stereocenters. The SMILES string of the molecule is CC1(C)CC(CC(N)=O)N(C(=O)c2ccc3c(N)ncnc3c2)C1. The zero-order valence-electron chi connectivity index (χ0n) is 13.8. The monoisotopic (exact) mass is 327 g/mol. The number of hydrogen-bond acceptors (Lipinski definition) is 5. The van der Waals surface area contributed by atoms with Crippen LogP contribution in [0.5, 0.6) is 0 Å². The van der Waals surface area contributed by atoms with Crippen LogP contribution in [-0.4, -0.2) is 39.3 Å². The summed E-state index contributed by atoms with van der Waals surface area (Å²) in [6.45, 7) is 4.76. The topological polar surface area (TPSA) is 115 Å². The first-order chi connectivity index (χ1) is 11.3. The molecule has 2 aromatic rings. The highest BCUT2D eigenvalue weighted by Gasteiger charge is 2.40. The molecular weight excluding hydrogens is 306 g/mol. The van der Waals surface area contributed by atoms with Crippen LogP contribution in [0.3, 0.4) is 0 Å². The molecule has 0 spiro atoms. The number of nitrogens with zero attached hydrogens (tertiary/aromatic N) is 3. The molecule has 1 unspecified atom stereocenters. The highest BCUT2D eigenvalue weighted by molar-refractivity contribution is 5.99. The normalized spacial score (nSPS) is 19.6. The van der Waals surface area contributed by atoms with E-state index in [-0.39, 0.29) is 23.8 Å². The van der Waals surface area contributed by atoms with E-state index in [4.69, 9.17) is 11.5 Å². The smallest absolute Gasteiger partial charge is 0.254 e. The van der Waals surface area contributed by atoms with Gasteiger partial charge in [0.1, 0.15) is 12.1 Å². The Balaban J connectivity index is 1.93. The van der Waals surface area contributed by atoms with E-state index in [1.165, 1.54) is 6.33 Å². The fourth-order valence-electron chi connectivity index (χ4n) is 3.43. The molecule has 7 heteroatoms. The first kappa shape index (κ1) is 16.2. The number of amides is 2. The Hall–Kier alpha value is -2.70. The van der Waals surface area contributed by atoms with Crippen molar-refractivity contribution in [2.24, 2.45) is 11.1 Å². The van der Waals surface area contributed by atoms with Crippen molar-refractivity contribution in [2.75, 3.05) is 12.3 Å². The van der Waals surface area contributed by atoms with Crippen molar-refractivity contribution in [3.05, 3.63) is 30.1 Å². The van der Waals surface area contributed by atoms with Gasteiger partial charge in [0.2, 0.25) is 5.91 Å². The summed E-state index contributed by atoms with van der Waals surface area (Å²) < 4.78 is 0. The van der Waals surface area contributed by atoms with Gasteiger partial charge in [-0.25, -0.2) is 9.97 Å². The number of likely N-dealkylation sites (tertiary alicyclic amines) is 1. The number of hydrogen-bond donors (Lipinski definition) is 2. The molecule has 1 saturated heterocycles. The predicted octanol–water partition coefficient (Wildman–Crippen LogP) is 1.33. The maximum Gasteiger partial charge on any atom is 0.254 e. The Morgan fingerprint density at radius 3 is 2.79 bits per heavy atom. The average Bonchev–Trinajstić information content (AvgIpc) is 2.80. The quantitative estimate of drug-likeness (QED) is 0.882. The number of primary amides is 1. The van der Waals surface area contributed by atoms with Crippen LogP contribution in [0, 0.1) is 5.41 Å². The van der Waals surface area contributed by atoms with Crippen LogP contribution in [0.25, 0.3) is 10.9 Å². The Kier molecular flexibility index (Phi) is 3.87. The molecule has 24 heavy (non-hydrogen) atoms. The van der Waals surface area contributed by atoms with Crippen molar-refractivity contribution >= 4 is 28.5 Å². The minimum Gasteiger partial charge on any atom is -0.383 e. The Morgan fingerprint density at radius 1 is 1.33 bits per heavy atom. The third kappa shape index (κ3) is 3.02. The largest absolute Gasteiger partial charge is 0.383 e. The van der Waals surface area contributed by atoms with Gasteiger partial charge < -0.3 is 16.4 Å². The molecule has 1 aliphatic heterocycles. The Labute approximate surface area is 140 Å². The fourth-order valence-corrected chi connectivity index (χ4v) is 3.43. The molecule has 1 aromatic heterocycles. The van der Waals surface area contributed by atoms with Crippen molar-refractivity contribution in [3.8, 4) is 0 Å². The van der Waals surface area contributed by atoms with Gasteiger partial charge in [-0.05, 0) is 30.0 Å². The number of fused-ring (bicyclic) bond motifs is 1. The lowest BCUT2D eigenvalue weighted by molar-refractivity contribution is -0.118. The van der Waals surface area contributed by atoms with Crippen LogP contribution < -0.4 is 11.5 Å². The van der Waals surface area contributed by atoms with Crippen LogP contribution in [-0.2, 0) is 4.79 Å². The van der Waals surface area contributed by atoms with Gasteiger partial charge in [0, 0.05) is 30.0 Å². The number of aromatic nitrogens is 2. The van der Waals surface area contributed by atoms with Crippen molar-refractivity contribution in [1.29, 1.82) is 0 Å². The second kappa shape index (κ2) is 5.74. The lowest BCUT2D eigenvalue weighted by Gasteiger charge is -2.24. The van der Waals surface area contributed by atoms with E-state index >= 15 is 0 Å². The number of carbonyl (C=O) groups excluding carboxylic acids is 2. The van der Waals surface area contributed by atoms with Crippen LogP contribution in [0.1, 0.15) is 37.0 Å². The van der Waals surface area contributed by atoms with E-state index in [0.29, 0.717) is 28.8 Å². The fraction of sp³-hybridized carbons (Fsp3) is 0.412. The summed E-state index contributed by atoms with van der Waals surface area (Å²) in [6.07, 6.45) is 2.31. The molecular formula is C17H21N5O2. The van der Waals surface area contributed by atoms with Crippen molar-refractivity contribution in [3.63, 3.8) is 0 Å². The van der Waals surface area contributed by atoms with E-state index in [2.05, 4.69) is 23.8 Å². The van der Waals surface area contributed by atoms with E-state index in [0.717, 1.165) is 6.42 Å². The maximum absolute atomic E-state index is 13.0. The van der Waals surface area contributed by atoms with Gasteiger partial charge >= 0.3 is 0 Å². The van der Waals surface area contributed by atoms with Crippen LogP contribution in [0.2, 0.25) is 0 Å². The van der Waals surface area contributed by atoms with Gasteiger partial charge in [-0.1, -0.05) is 13.8 Å². The molecule has 3 rings (SSSR count). The lowest BCUT2D eigenvalue weighted by Crippen LogP contribution is -2.38. The molecule has 2 heterocycles. The molecule has 1 aromatic carbocycles. The highest BCUT2D eigenvalue weighted by Crippen LogP contribution is 2.36. The highest BCUT2D eigenvalue weighted by atomic mass is 16.2. The third-order valence-corrected chi connectivity index (χ3v) is 4.44. The molecule has 0 saturated carbocycles. The summed E-state index contributed by atoms with van der Waals surface area (Å²) in [5, 5.41) is 0.712. The first-order valence-electron chi connectivity index (χ1n) is 7.86. The first-order valence-corrected chi connectivity index (χ1v) is 7.86. The molecule has 1 fully saturated rings. The number of nitrogens with two attached hydrogens (primary N) is 2. The molecule has 4 N–H and O–H groups in total. The second-order valence-corrected chi connectivity index (χ2v) is 7.12. The number of benzene rings is 1. The summed E-state index contributed by atoms with van der Waals surface area (Å²) in [4.78, 5) is 34.2. The van der Waals surface area contributed by atoms with E-state index in [1.54, 1.807) is 23.1 Å². The zero-order valence-corrected chi connectivity index (χ0v) is 13.8. The van der Waals surface area contributed by atoms with E-state index in [1.807, 2.05) is 0 Å². The van der Waals surface area contributed by atoms with Crippen molar-refractivity contribution in [1.82, 2.24) is 14.9 Å². The van der Waals surface area contributed by atoms with Gasteiger partial charge in [-0.2, -0.15) is 0 Å². The molecule has 0 radical (unpaired) electrons. The summed E-state index contributed by atoms with van der Waals surface area (Å²) in [7, 11) is 0. The Morgan fingerprint density at radius 2 is 2.08 bits per heavy atom. The maximum atomic E-state index is 13.0. The molecule has 2 amide bonds. The van der Waals surface area contributed by atoms with Gasteiger partial charge in [0.25, 0.3) is 5.91 Å². The summed E-state index contributed by atoms with van der Waals surface area (Å²) >= 11 is 0. The summed E-state index contributed by atoms with van der Waals surface area (Å²) in [5.74, 6) is -0.131. The number of carbonyl (C=O) groups is 2. The minimum absolute atomic E-state index is 0.0424. The molecule has 1 aliphatic rings. The zero-order chi connectivity index (χ0) is 17.5. The number of nitrogen functional groups attached to an aromatic ring is 1. The summed E-state index contributed by atoms with van der Waals surface area (Å²) in [5.41, 5.74) is 12.3. The van der Waals surface area contributed by atoms with Crippen LogP contribution >= 0.6 is 0 Å². The molecule has 126 valence electrons. The second-order valence-electron chi connectivity index (χ2n) is 7.12. The average molecular weight is 327 g/mol. The van der Waals surface area contributed by atoms with E-state index in [9.17, 15) is 9.59 Å². The van der Waals surface area contributed by atoms with Crippen LogP contribution in [0.4, 0.5) is 5.82 Å². The standard InChI is InChI=1S/C17H21N5O2/c1-17(2)7-11(6-14(18)23)22(8-17)16(24)10-3-4-12-13(5-10)20-9-21-15(12)19/h3-5,9,11H,6-8H2,1-2H3,(H2,18,23)(H2,19,20,21). The lowest BCUT2D eigenvalue weighted by atomic mass is 9.90. The van der Waals surface area contributed by atoms with Gasteiger partial charge in [0.15, 0.2) is 0 Å².